The topological polar surface area (TPSA) is 62.5 Å². The third-order valence-electron chi connectivity index (χ3n) is 5.08. The molecule has 3 rings (SSSR count). The van der Waals surface area contributed by atoms with E-state index in [2.05, 4.69) is 19.9 Å². The lowest BCUT2D eigenvalue weighted by Gasteiger charge is -2.39. The number of amides is 1. The van der Waals surface area contributed by atoms with Gasteiger partial charge in [0, 0.05) is 32.0 Å². The summed E-state index contributed by atoms with van der Waals surface area (Å²) in [6.45, 7) is 1.66. The summed E-state index contributed by atoms with van der Waals surface area (Å²) < 4.78 is 5.49. The molecule has 2 heterocycles. The Bertz CT molecular complexity index is 522. The monoisotopic (exact) mass is 320 g/mol. The lowest BCUT2D eigenvalue weighted by Crippen LogP contribution is -2.46. The Morgan fingerprint density at radius 3 is 2.74 bits per heavy atom. The van der Waals surface area contributed by atoms with Crippen LogP contribution in [-0.2, 0) is 11.2 Å². The lowest BCUT2D eigenvalue weighted by molar-refractivity contribution is -0.137. The van der Waals surface area contributed by atoms with E-state index >= 15 is 0 Å². The third-order valence-corrected chi connectivity index (χ3v) is 5.08. The fraction of sp³-hybridized carbons (Fsp3) is 0.824. The molecular weight excluding hydrogens is 292 g/mol. The van der Waals surface area contributed by atoms with Crippen molar-refractivity contribution in [1.82, 2.24) is 19.9 Å². The van der Waals surface area contributed by atoms with E-state index in [-0.39, 0.29) is 5.92 Å². The van der Waals surface area contributed by atoms with E-state index in [0.29, 0.717) is 24.3 Å². The minimum Gasteiger partial charge on any atom is -0.339 e. The van der Waals surface area contributed by atoms with Crippen LogP contribution in [-0.4, -0.2) is 59.1 Å². The summed E-state index contributed by atoms with van der Waals surface area (Å²) in [5.74, 6) is 2.00. The van der Waals surface area contributed by atoms with Crippen molar-refractivity contribution in [2.75, 3.05) is 27.2 Å². The van der Waals surface area contributed by atoms with Crippen molar-refractivity contribution in [3.05, 3.63) is 11.7 Å². The van der Waals surface area contributed by atoms with Gasteiger partial charge in [-0.05, 0) is 33.4 Å². The fourth-order valence-electron chi connectivity index (χ4n) is 3.68. The molecule has 1 aliphatic heterocycles. The number of piperidine rings is 1. The largest absolute Gasteiger partial charge is 0.339 e. The Morgan fingerprint density at radius 1 is 1.22 bits per heavy atom. The van der Waals surface area contributed by atoms with Gasteiger partial charge in [0.15, 0.2) is 5.82 Å². The first-order chi connectivity index (χ1) is 11.1. The molecule has 0 spiro atoms. The molecule has 1 aromatic heterocycles. The van der Waals surface area contributed by atoms with E-state index in [0.717, 1.165) is 44.6 Å². The summed E-state index contributed by atoms with van der Waals surface area (Å²) in [6, 6.07) is 0.426. The highest BCUT2D eigenvalue weighted by Crippen LogP contribution is 2.31. The number of aromatic nitrogens is 2. The second kappa shape index (κ2) is 7.43. The van der Waals surface area contributed by atoms with E-state index in [4.69, 9.17) is 4.52 Å². The number of carbonyl (C=O) groups is 1. The van der Waals surface area contributed by atoms with Crippen LogP contribution in [0.4, 0.5) is 0 Å². The Hall–Kier alpha value is -1.43. The summed E-state index contributed by atoms with van der Waals surface area (Å²) in [7, 11) is 4.07. The molecule has 0 N–H and O–H groups in total. The maximum absolute atomic E-state index is 12.3. The maximum Gasteiger partial charge on any atom is 0.231 e. The zero-order valence-corrected chi connectivity index (χ0v) is 14.3. The van der Waals surface area contributed by atoms with Crippen LogP contribution in [0, 0.1) is 0 Å². The van der Waals surface area contributed by atoms with E-state index in [9.17, 15) is 4.79 Å². The Kier molecular flexibility index (Phi) is 5.30. The zero-order valence-electron chi connectivity index (χ0n) is 14.3. The molecular formula is C17H28N4O2. The minimum atomic E-state index is 0.204. The summed E-state index contributed by atoms with van der Waals surface area (Å²) in [6.07, 6.45) is 8.33. The van der Waals surface area contributed by atoms with E-state index in [1.165, 1.54) is 19.3 Å². The smallest absolute Gasteiger partial charge is 0.231 e. The van der Waals surface area contributed by atoms with E-state index in [1.54, 1.807) is 0 Å². The van der Waals surface area contributed by atoms with Gasteiger partial charge < -0.3 is 14.3 Å². The second-order valence-electron chi connectivity index (χ2n) is 7.18. The van der Waals surface area contributed by atoms with Crippen molar-refractivity contribution in [3.8, 4) is 0 Å². The zero-order chi connectivity index (χ0) is 16.2. The summed E-state index contributed by atoms with van der Waals surface area (Å²) >= 11 is 0. The Balaban J connectivity index is 1.62. The highest BCUT2D eigenvalue weighted by molar-refractivity contribution is 5.77. The molecule has 6 heteroatoms. The highest BCUT2D eigenvalue weighted by atomic mass is 16.5. The number of rotatable bonds is 5. The van der Waals surface area contributed by atoms with Crippen molar-refractivity contribution in [2.24, 2.45) is 0 Å². The first-order valence-corrected chi connectivity index (χ1v) is 8.90. The van der Waals surface area contributed by atoms with Crippen LogP contribution in [0.5, 0.6) is 0 Å². The van der Waals surface area contributed by atoms with Gasteiger partial charge in [0.25, 0.3) is 0 Å². The van der Waals surface area contributed by atoms with Crippen LogP contribution in [0.1, 0.15) is 62.6 Å². The van der Waals surface area contributed by atoms with Crippen molar-refractivity contribution in [1.29, 1.82) is 0 Å². The number of hydrogen-bond acceptors (Lipinski definition) is 5. The molecule has 6 nitrogen and oxygen atoms in total. The predicted octanol–water partition coefficient (Wildman–Crippen LogP) is 2.21. The summed E-state index contributed by atoms with van der Waals surface area (Å²) in [5.41, 5.74) is 0. The molecule has 0 aromatic carbocycles. The number of likely N-dealkylation sites (N-methyl/N-ethyl adjacent to an activating group) is 1. The van der Waals surface area contributed by atoms with Crippen LogP contribution in [0.2, 0.25) is 0 Å². The van der Waals surface area contributed by atoms with Gasteiger partial charge in [0.2, 0.25) is 11.8 Å². The summed E-state index contributed by atoms with van der Waals surface area (Å²) in [5, 5.41) is 4.10. The quantitative estimate of drug-likeness (QED) is 0.832. The maximum atomic E-state index is 12.3. The van der Waals surface area contributed by atoms with Crippen molar-refractivity contribution in [2.45, 2.75) is 63.3 Å². The second-order valence-corrected chi connectivity index (χ2v) is 7.18. The van der Waals surface area contributed by atoms with Gasteiger partial charge >= 0.3 is 0 Å². The van der Waals surface area contributed by atoms with E-state index in [1.807, 2.05) is 14.1 Å². The number of nitrogens with zero attached hydrogens (tertiary/aromatic N) is 4. The fourth-order valence-corrected chi connectivity index (χ4v) is 3.68. The molecule has 1 aliphatic carbocycles. The average molecular weight is 320 g/mol. The molecule has 1 amide bonds. The number of hydrogen-bond donors (Lipinski definition) is 0. The number of likely N-dealkylation sites (tertiary alicyclic amines) is 1. The molecule has 1 atom stereocenters. The first kappa shape index (κ1) is 16.4. The van der Waals surface area contributed by atoms with Crippen molar-refractivity contribution < 1.29 is 9.32 Å². The van der Waals surface area contributed by atoms with E-state index < -0.39 is 0 Å². The molecule has 128 valence electrons. The average Bonchev–Trinajstić information content (AvgIpc) is 3.03. The first-order valence-electron chi connectivity index (χ1n) is 8.90. The van der Waals surface area contributed by atoms with Crippen LogP contribution in [0.3, 0.4) is 0 Å². The van der Waals surface area contributed by atoms with Gasteiger partial charge in [-0.15, -0.1) is 0 Å². The lowest BCUT2D eigenvalue weighted by atomic mass is 9.90. The third kappa shape index (κ3) is 4.10. The standard InChI is InChI=1S/C17H28N4O2/c1-20(2)11-10-15-18-17(23-19-15)13-8-9-16(22)21(12-13)14-6-4-3-5-7-14/h13-14H,3-12H2,1-2H3/t13-/m0/s1. The molecule has 2 fully saturated rings. The Labute approximate surface area is 138 Å². The van der Waals surface area contributed by atoms with Crippen LogP contribution >= 0.6 is 0 Å². The van der Waals surface area contributed by atoms with Gasteiger partial charge in [0.1, 0.15) is 0 Å². The molecule has 2 aliphatic rings. The van der Waals surface area contributed by atoms with Gasteiger partial charge in [0.05, 0.1) is 5.92 Å². The normalized spacial score (nSPS) is 23.7. The van der Waals surface area contributed by atoms with Gasteiger partial charge in [-0.3, -0.25) is 4.79 Å². The number of carbonyl (C=O) groups excluding carboxylic acids is 1. The molecule has 1 saturated carbocycles. The highest BCUT2D eigenvalue weighted by Gasteiger charge is 2.34. The minimum absolute atomic E-state index is 0.204. The Morgan fingerprint density at radius 2 is 2.00 bits per heavy atom. The van der Waals surface area contributed by atoms with Gasteiger partial charge in [-0.25, -0.2) is 0 Å². The van der Waals surface area contributed by atoms with Crippen LogP contribution in [0.25, 0.3) is 0 Å². The van der Waals surface area contributed by atoms with Crippen LogP contribution < -0.4 is 0 Å². The van der Waals surface area contributed by atoms with Crippen molar-refractivity contribution >= 4 is 5.91 Å². The van der Waals surface area contributed by atoms with Crippen molar-refractivity contribution in [3.63, 3.8) is 0 Å². The molecule has 1 aromatic rings. The van der Waals surface area contributed by atoms with Gasteiger partial charge in [-0.1, -0.05) is 24.4 Å². The molecule has 0 radical (unpaired) electrons. The SMILES string of the molecule is CN(C)CCc1noc([C@H]2CCC(=O)N(C3CCCCC3)C2)n1. The van der Waals surface area contributed by atoms with Gasteiger partial charge in [-0.2, -0.15) is 4.98 Å². The predicted molar refractivity (Wildman–Crippen MR) is 87.1 cm³/mol. The molecule has 1 saturated heterocycles. The molecule has 0 bridgehead atoms. The summed E-state index contributed by atoms with van der Waals surface area (Å²) in [4.78, 5) is 21.1. The molecule has 23 heavy (non-hydrogen) atoms. The molecule has 0 unspecified atom stereocenters. The van der Waals surface area contributed by atoms with Crippen LogP contribution in [0.15, 0.2) is 4.52 Å².